The molecule has 5 heteroatoms. The molecule has 0 saturated carbocycles. The molecule has 0 bridgehead atoms. The minimum absolute atomic E-state index is 0.158. The molecule has 0 unspecified atom stereocenters. The zero-order valence-corrected chi connectivity index (χ0v) is 9.80. The summed E-state index contributed by atoms with van der Waals surface area (Å²) in [5.41, 5.74) is -0.410. The van der Waals surface area contributed by atoms with Crippen molar-refractivity contribution in [1.29, 1.82) is 0 Å². The molecule has 2 nitrogen and oxygen atoms in total. The van der Waals surface area contributed by atoms with Gasteiger partial charge in [-0.3, -0.25) is 0 Å². The first-order valence-electron chi connectivity index (χ1n) is 5.20. The van der Waals surface area contributed by atoms with Crippen LogP contribution in [0.25, 0.3) is 11.3 Å². The molecule has 0 spiro atoms. The molecule has 0 N–H and O–H groups in total. The molecule has 0 aliphatic heterocycles. The van der Waals surface area contributed by atoms with Crippen molar-refractivity contribution < 1.29 is 17.9 Å². The van der Waals surface area contributed by atoms with Crippen LogP contribution in [0.15, 0.2) is 24.3 Å². The first-order valence-corrected chi connectivity index (χ1v) is 5.20. The molecule has 0 fully saturated rings. The Balaban J connectivity index is 2.74. The first kappa shape index (κ1) is 12.4. The highest BCUT2D eigenvalue weighted by atomic mass is 19.1. The first-order chi connectivity index (χ1) is 8.54. The third-order valence-corrected chi connectivity index (χ3v) is 2.50. The van der Waals surface area contributed by atoms with E-state index >= 15 is 0 Å². The number of ether oxygens (including phenoxy) is 1. The van der Waals surface area contributed by atoms with Gasteiger partial charge in [0.25, 0.3) is 0 Å². The number of nitrogens with zero attached hydrogens (tertiary/aromatic N) is 1. The minimum atomic E-state index is -0.963. The maximum absolute atomic E-state index is 14.0. The molecule has 0 aliphatic carbocycles. The lowest BCUT2D eigenvalue weighted by Crippen LogP contribution is -1.99. The molecule has 1 aromatic carbocycles. The van der Waals surface area contributed by atoms with Crippen LogP contribution in [0, 0.1) is 24.4 Å². The van der Waals surface area contributed by atoms with Crippen molar-refractivity contribution in [3.05, 3.63) is 47.4 Å². The minimum Gasteiger partial charge on any atom is -0.494 e. The average Bonchev–Trinajstić information content (AvgIpc) is 2.34. The molecule has 0 aliphatic rings. The van der Waals surface area contributed by atoms with Gasteiger partial charge in [0.05, 0.1) is 12.7 Å². The number of halogens is 3. The van der Waals surface area contributed by atoms with Gasteiger partial charge in [0.2, 0.25) is 0 Å². The van der Waals surface area contributed by atoms with Gasteiger partial charge in [-0.05, 0) is 31.2 Å². The monoisotopic (exact) mass is 253 g/mol. The number of methoxy groups -OCH3 is 1. The third kappa shape index (κ3) is 2.03. The summed E-state index contributed by atoms with van der Waals surface area (Å²) in [5.74, 6) is -2.79. The molecule has 1 heterocycles. The largest absolute Gasteiger partial charge is 0.494 e. The second kappa shape index (κ2) is 4.68. The molecule has 0 radical (unpaired) electrons. The van der Waals surface area contributed by atoms with Gasteiger partial charge in [0.15, 0.2) is 11.6 Å². The highest BCUT2D eigenvalue weighted by Crippen LogP contribution is 2.32. The fourth-order valence-electron chi connectivity index (χ4n) is 1.62. The van der Waals surface area contributed by atoms with Gasteiger partial charge < -0.3 is 4.74 Å². The predicted octanol–water partition coefficient (Wildman–Crippen LogP) is 3.48. The molecule has 0 amide bonds. The lowest BCUT2D eigenvalue weighted by molar-refractivity contribution is 0.385. The number of hydrogen-bond acceptors (Lipinski definition) is 2. The summed E-state index contributed by atoms with van der Waals surface area (Å²) < 4.78 is 46.0. The summed E-state index contributed by atoms with van der Waals surface area (Å²) in [6, 6.07) is 4.70. The molecule has 2 rings (SSSR count). The van der Waals surface area contributed by atoms with Crippen molar-refractivity contribution in [2.24, 2.45) is 0 Å². The van der Waals surface area contributed by atoms with Gasteiger partial charge in [-0.15, -0.1) is 0 Å². The highest BCUT2D eigenvalue weighted by molar-refractivity contribution is 5.64. The molecule has 1 aromatic heterocycles. The van der Waals surface area contributed by atoms with Crippen LogP contribution in [0.5, 0.6) is 5.75 Å². The lowest BCUT2D eigenvalue weighted by Gasteiger charge is -2.09. The lowest BCUT2D eigenvalue weighted by atomic mass is 10.1. The van der Waals surface area contributed by atoms with Crippen LogP contribution >= 0.6 is 0 Å². The van der Waals surface area contributed by atoms with Crippen molar-refractivity contribution in [2.45, 2.75) is 6.92 Å². The Labute approximate surface area is 102 Å². The maximum Gasteiger partial charge on any atom is 0.177 e. The van der Waals surface area contributed by atoms with Gasteiger partial charge >= 0.3 is 0 Å². The zero-order valence-electron chi connectivity index (χ0n) is 9.80. The van der Waals surface area contributed by atoms with E-state index in [0.29, 0.717) is 5.69 Å². The Morgan fingerprint density at radius 2 is 1.67 bits per heavy atom. The summed E-state index contributed by atoms with van der Waals surface area (Å²) in [7, 11) is 1.25. The van der Waals surface area contributed by atoms with Gasteiger partial charge in [-0.2, -0.15) is 0 Å². The second-order valence-corrected chi connectivity index (χ2v) is 3.72. The van der Waals surface area contributed by atoms with E-state index in [1.54, 1.807) is 6.92 Å². The second-order valence-electron chi connectivity index (χ2n) is 3.72. The van der Waals surface area contributed by atoms with Crippen molar-refractivity contribution in [2.75, 3.05) is 7.11 Å². The predicted molar refractivity (Wildman–Crippen MR) is 60.8 cm³/mol. The smallest absolute Gasteiger partial charge is 0.177 e. The average molecular weight is 253 g/mol. The summed E-state index contributed by atoms with van der Waals surface area (Å²) in [6.07, 6.45) is 0. The van der Waals surface area contributed by atoms with Crippen molar-refractivity contribution in [3.8, 4) is 17.0 Å². The van der Waals surface area contributed by atoms with Crippen LogP contribution in [0.3, 0.4) is 0 Å². The fraction of sp³-hybridized carbons (Fsp3) is 0.154. The van der Waals surface area contributed by atoms with E-state index in [2.05, 4.69) is 4.98 Å². The number of rotatable bonds is 2. The molecule has 94 valence electrons. The Morgan fingerprint density at radius 1 is 1.00 bits per heavy atom. The molecule has 0 saturated heterocycles. The van der Waals surface area contributed by atoms with E-state index in [4.69, 9.17) is 4.74 Å². The van der Waals surface area contributed by atoms with Crippen LogP contribution in [-0.2, 0) is 0 Å². The molecular weight excluding hydrogens is 243 g/mol. The number of hydrogen-bond donors (Lipinski definition) is 0. The quantitative estimate of drug-likeness (QED) is 0.817. The zero-order chi connectivity index (χ0) is 13.3. The summed E-state index contributed by atoms with van der Waals surface area (Å²) >= 11 is 0. The molecular formula is C13H10F3NO. The van der Waals surface area contributed by atoms with Crippen LogP contribution in [0.4, 0.5) is 13.2 Å². The van der Waals surface area contributed by atoms with E-state index in [0.717, 1.165) is 18.2 Å². The molecule has 2 aromatic rings. The van der Waals surface area contributed by atoms with Crippen LogP contribution in [0.2, 0.25) is 0 Å². The van der Waals surface area contributed by atoms with Gasteiger partial charge in [0, 0.05) is 5.69 Å². The van der Waals surface area contributed by atoms with E-state index < -0.39 is 23.0 Å². The molecule has 18 heavy (non-hydrogen) atoms. The fourth-order valence-corrected chi connectivity index (χ4v) is 1.62. The Bertz CT molecular complexity index is 599. The van der Waals surface area contributed by atoms with Gasteiger partial charge in [-0.25, -0.2) is 18.2 Å². The Morgan fingerprint density at radius 3 is 2.33 bits per heavy atom. The third-order valence-electron chi connectivity index (χ3n) is 2.50. The summed E-state index contributed by atoms with van der Waals surface area (Å²) in [6.45, 7) is 1.61. The van der Waals surface area contributed by atoms with Crippen molar-refractivity contribution in [3.63, 3.8) is 0 Å². The number of aryl methyl sites for hydroxylation is 1. The van der Waals surface area contributed by atoms with E-state index in [1.165, 1.54) is 13.2 Å². The standard InChI is InChI=1S/C13H10F3NO/c1-7-3-4-9(15)13(17-7)11-8(14)5-6-10(18-2)12(11)16/h3-6H,1-2H3. The summed E-state index contributed by atoms with van der Waals surface area (Å²) in [5, 5.41) is 0. The van der Waals surface area contributed by atoms with Crippen molar-refractivity contribution in [1.82, 2.24) is 4.98 Å². The van der Waals surface area contributed by atoms with Gasteiger partial charge in [-0.1, -0.05) is 0 Å². The van der Waals surface area contributed by atoms with Crippen molar-refractivity contribution >= 4 is 0 Å². The van der Waals surface area contributed by atoms with E-state index in [1.807, 2.05) is 0 Å². The Hall–Kier alpha value is -2.04. The topological polar surface area (TPSA) is 22.1 Å². The normalized spacial score (nSPS) is 10.5. The van der Waals surface area contributed by atoms with E-state index in [-0.39, 0.29) is 11.4 Å². The van der Waals surface area contributed by atoms with Gasteiger partial charge in [0.1, 0.15) is 17.3 Å². The van der Waals surface area contributed by atoms with Crippen LogP contribution in [-0.4, -0.2) is 12.1 Å². The highest BCUT2D eigenvalue weighted by Gasteiger charge is 2.20. The summed E-state index contributed by atoms with van der Waals surface area (Å²) in [4.78, 5) is 3.83. The molecule has 0 atom stereocenters. The number of pyridine rings is 1. The van der Waals surface area contributed by atoms with Crippen LogP contribution in [0.1, 0.15) is 5.69 Å². The Kier molecular flexibility index (Phi) is 3.23. The number of aromatic nitrogens is 1. The number of benzene rings is 1. The van der Waals surface area contributed by atoms with E-state index in [9.17, 15) is 13.2 Å². The SMILES string of the molecule is COc1ccc(F)c(-c2nc(C)ccc2F)c1F. The maximum atomic E-state index is 14.0. The van der Waals surface area contributed by atoms with Crippen LogP contribution < -0.4 is 4.74 Å².